The van der Waals surface area contributed by atoms with Gasteiger partial charge in [-0.3, -0.25) is 0 Å². The minimum atomic E-state index is -0.329. The average molecular weight is 466 g/mol. The van der Waals surface area contributed by atoms with E-state index in [1.807, 2.05) is 12.1 Å². The second kappa shape index (κ2) is 11.1. The molecule has 1 fully saturated rings. The van der Waals surface area contributed by atoms with Crippen LogP contribution in [0.4, 0.5) is 15.3 Å². The van der Waals surface area contributed by atoms with Crippen LogP contribution in [0, 0.1) is 5.92 Å². The SMILES string of the molecule is CNC(=O)Nc1ccc(OCC2CCN(C(=O)OCc3ccc(Cl)c(Cl)c3)CC2)cc1. The van der Waals surface area contributed by atoms with Gasteiger partial charge in [-0.15, -0.1) is 0 Å². The minimum Gasteiger partial charge on any atom is -0.493 e. The Labute approximate surface area is 191 Å². The predicted octanol–water partition coefficient (Wildman–Crippen LogP) is 5.17. The van der Waals surface area contributed by atoms with Gasteiger partial charge in [-0.05, 0) is 60.7 Å². The molecule has 166 valence electrons. The highest BCUT2D eigenvalue weighted by molar-refractivity contribution is 6.42. The molecule has 0 atom stereocenters. The Balaban J connectivity index is 1.37. The van der Waals surface area contributed by atoms with E-state index >= 15 is 0 Å². The Hall–Kier alpha value is -2.64. The number of urea groups is 1. The number of ether oxygens (including phenoxy) is 2. The molecule has 0 spiro atoms. The number of hydrogen-bond acceptors (Lipinski definition) is 4. The maximum Gasteiger partial charge on any atom is 0.410 e. The normalized spacial score (nSPS) is 14.1. The van der Waals surface area contributed by atoms with E-state index in [9.17, 15) is 9.59 Å². The van der Waals surface area contributed by atoms with Gasteiger partial charge < -0.3 is 25.0 Å². The fourth-order valence-electron chi connectivity index (χ4n) is 3.19. The van der Waals surface area contributed by atoms with Crippen LogP contribution in [0.2, 0.25) is 10.0 Å². The maximum atomic E-state index is 12.3. The van der Waals surface area contributed by atoms with Crippen molar-refractivity contribution in [3.63, 3.8) is 0 Å². The fraction of sp³-hybridized carbons (Fsp3) is 0.364. The third-order valence-corrected chi connectivity index (χ3v) is 5.78. The van der Waals surface area contributed by atoms with Crippen molar-refractivity contribution in [2.75, 3.05) is 32.1 Å². The number of hydrogen-bond donors (Lipinski definition) is 2. The molecule has 2 N–H and O–H groups in total. The lowest BCUT2D eigenvalue weighted by molar-refractivity contribution is 0.0761. The highest BCUT2D eigenvalue weighted by atomic mass is 35.5. The quantitative estimate of drug-likeness (QED) is 0.616. The van der Waals surface area contributed by atoms with E-state index in [4.69, 9.17) is 32.7 Å². The van der Waals surface area contributed by atoms with Crippen molar-refractivity contribution in [2.45, 2.75) is 19.4 Å². The molecule has 2 aromatic rings. The molecule has 3 amide bonds. The summed E-state index contributed by atoms with van der Waals surface area (Å²) in [6, 6.07) is 12.1. The van der Waals surface area contributed by atoms with Crippen molar-refractivity contribution in [1.29, 1.82) is 0 Å². The molecule has 0 aromatic heterocycles. The van der Waals surface area contributed by atoms with Gasteiger partial charge in [0.1, 0.15) is 12.4 Å². The van der Waals surface area contributed by atoms with E-state index in [0.717, 1.165) is 24.2 Å². The summed E-state index contributed by atoms with van der Waals surface area (Å²) in [5.74, 6) is 1.11. The van der Waals surface area contributed by atoms with Crippen molar-refractivity contribution in [3.8, 4) is 5.75 Å². The molecule has 0 bridgehead atoms. The molecule has 9 heteroatoms. The zero-order valence-electron chi connectivity index (χ0n) is 17.2. The summed E-state index contributed by atoms with van der Waals surface area (Å²) in [7, 11) is 1.56. The smallest absolute Gasteiger partial charge is 0.410 e. The second-order valence-electron chi connectivity index (χ2n) is 7.27. The molecule has 31 heavy (non-hydrogen) atoms. The van der Waals surface area contributed by atoms with Gasteiger partial charge in [0.25, 0.3) is 0 Å². The summed E-state index contributed by atoms with van der Waals surface area (Å²) in [5, 5.41) is 6.11. The van der Waals surface area contributed by atoms with Crippen LogP contribution >= 0.6 is 23.2 Å². The number of amides is 3. The van der Waals surface area contributed by atoms with Crippen LogP contribution in [0.1, 0.15) is 18.4 Å². The Morgan fingerprint density at radius 3 is 2.42 bits per heavy atom. The molecule has 0 aliphatic carbocycles. The van der Waals surface area contributed by atoms with Crippen molar-refractivity contribution < 1.29 is 19.1 Å². The lowest BCUT2D eigenvalue weighted by Crippen LogP contribution is -2.39. The van der Waals surface area contributed by atoms with E-state index < -0.39 is 0 Å². The molecule has 0 saturated carbocycles. The third kappa shape index (κ3) is 6.94. The molecule has 2 aromatic carbocycles. The van der Waals surface area contributed by atoms with Crippen molar-refractivity contribution in [1.82, 2.24) is 10.2 Å². The van der Waals surface area contributed by atoms with E-state index in [1.54, 1.807) is 42.3 Å². The molecule has 0 radical (unpaired) electrons. The van der Waals surface area contributed by atoms with Crippen molar-refractivity contribution in [2.24, 2.45) is 5.92 Å². The van der Waals surface area contributed by atoms with Crippen LogP contribution in [0.3, 0.4) is 0 Å². The monoisotopic (exact) mass is 465 g/mol. The van der Waals surface area contributed by atoms with E-state index in [-0.39, 0.29) is 18.7 Å². The first-order chi connectivity index (χ1) is 14.9. The summed E-state index contributed by atoms with van der Waals surface area (Å²) in [6.45, 7) is 1.99. The maximum absolute atomic E-state index is 12.3. The van der Waals surface area contributed by atoms with Gasteiger partial charge in [0.2, 0.25) is 0 Å². The summed E-state index contributed by atoms with van der Waals surface area (Å²) in [6.07, 6.45) is 1.36. The Morgan fingerprint density at radius 1 is 1.06 bits per heavy atom. The number of nitrogens with one attached hydrogen (secondary N) is 2. The highest BCUT2D eigenvalue weighted by Crippen LogP contribution is 2.24. The number of anilines is 1. The van der Waals surface area contributed by atoms with Crippen LogP contribution in [0.15, 0.2) is 42.5 Å². The predicted molar refractivity (Wildman–Crippen MR) is 121 cm³/mol. The first-order valence-corrected chi connectivity index (χ1v) is 10.8. The molecule has 7 nitrogen and oxygen atoms in total. The molecule has 1 aliphatic rings. The van der Waals surface area contributed by atoms with E-state index in [0.29, 0.717) is 41.3 Å². The number of rotatable bonds is 6. The number of carbonyl (C=O) groups excluding carboxylic acids is 2. The highest BCUT2D eigenvalue weighted by Gasteiger charge is 2.24. The fourth-order valence-corrected chi connectivity index (χ4v) is 3.51. The van der Waals surface area contributed by atoms with Crippen molar-refractivity contribution in [3.05, 3.63) is 58.1 Å². The molecule has 3 rings (SSSR count). The molecule has 1 heterocycles. The largest absolute Gasteiger partial charge is 0.493 e. The molecular formula is C22H25Cl2N3O4. The topological polar surface area (TPSA) is 79.9 Å². The number of halogens is 2. The summed E-state index contributed by atoms with van der Waals surface area (Å²) in [5.41, 5.74) is 1.49. The van der Waals surface area contributed by atoms with Gasteiger partial charge in [0.15, 0.2) is 0 Å². The van der Waals surface area contributed by atoms with E-state index in [1.165, 1.54) is 0 Å². The zero-order valence-corrected chi connectivity index (χ0v) is 18.7. The number of likely N-dealkylation sites (tertiary alicyclic amines) is 1. The lowest BCUT2D eigenvalue weighted by Gasteiger charge is -2.31. The van der Waals surface area contributed by atoms with Gasteiger partial charge in [-0.25, -0.2) is 9.59 Å². The third-order valence-electron chi connectivity index (χ3n) is 5.04. The number of nitrogens with zero attached hydrogens (tertiary/aromatic N) is 1. The van der Waals surface area contributed by atoms with Crippen LogP contribution in [0.5, 0.6) is 5.75 Å². The minimum absolute atomic E-state index is 0.156. The van der Waals surface area contributed by atoms with Gasteiger partial charge in [0.05, 0.1) is 16.7 Å². The standard InChI is InChI=1S/C22H25Cl2N3O4/c1-25-21(28)26-17-3-5-18(6-4-17)30-13-15-8-10-27(11-9-15)22(29)31-14-16-2-7-19(23)20(24)12-16/h2-7,12,15H,8-11,13-14H2,1H3,(H2,25,26,28). The van der Waals surface area contributed by atoms with Crippen molar-refractivity contribution >= 4 is 41.0 Å². The Morgan fingerprint density at radius 2 is 1.77 bits per heavy atom. The van der Waals surface area contributed by atoms with Crippen LogP contribution < -0.4 is 15.4 Å². The van der Waals surface area contributed by atoms with Gasteiger partial charge >= 0.3 is 12.1 Å². The lowest BCUT2D eigenvalue weighted by atomic mass is 9.98. The molecule has 1 saturated heterocycles. The molecule has 0 unspecified atom stereocenters. The van der Waals surface area contributed by atoms with Crippen LogP contribution in [-0.2, 0) is 11.3 Å². The first-order valence-electron chi connectivity index (χ1n) is 10.0. The van der Waals surface area contributed by atoms with Gasteiger partial charge in [0, 0.05) is 25.8 Å². The number of benzene rings is 2. The summed E-state index contributed by atoms with van der Waals surface area (Å²) in [4.78, 5) is 25.3. The molecular weight excluding hydrogens is 441 g/mol. The average Bonchev–Trinajstić information content (AvgIpc) is 2.79. The summed E-state index contributed by atoms with van der Waals surface area (Å²) < 4.78 is 11.3. The van der Waals surface area contributed by atoms with Gasteiger partial charge in [-0.2, -0.15) is 0 Å². The van der Waals surface area contributed by atoms with Crippen LogP contribution in [-0.4, -0.2) is 43.8 Å². The van der Waals surface area contributed by atoms with Crippen LogP contribution in [0.25, 0.3) is 0 Å². The number of carbonyl (C=O) groups is 2. The first kappa shape index (κ1) is 23.0. The second-order valence-corrected chi connectivity index (χ2v) is 8.09. The Bertz CT molecular complexity index is 900. The van der Waals surface area contributed by atoms with Gasteiger partial charge in [-0.1, -0.05) is 29.3 Å². The Kier molecular flexibility index (Phi) is 8.26. The number of piperidine rings is 1. The zero-order chi connectivity index (χ0) is 22.2. The van der Waals surface area contributed by atoms with E-state index in [2.05, 4.69) is 10.6 Å². The summed E-state index contributed by atoms with van der Waals surface area (Å²) >= 11 is 11.9. The molecule has 1 aliphatic heterocycles.